The van der Waals surface area contributed by atoms with E-state index in [0.717, 1.165) is 15.9 Å². The van der Waals surface area contributed by atoms with Crippen LogP contribution in [0.3, 0.4) is 0 Å². The lowest BCUT2D eigenvalue weighted by Gasteiger charge is -1.92. The summed E-state index contributed by atoms with van der Waals surface area (Å²) in [5, 5.41) is 0. The van der Waals surface area contributed by atoms with Crippen molar-refractivity contribution in [3.63, 3.8) is 0 Å². The number of fused-ring (bicyclic) bond motifs is 1. The molecule has 2 rings (SSSR count). The number of hydrogen-bond acceptors (Lipinski definition) is 2. The van der Waals surface area contributed by atoms with Crippen LogP contribution in [0.5, 0.6) is 0 Å². The van der Waals surface area contributed by atoms with Gasteiger partial charge in [-0.15, -0.1) is 0 Å². The molecule has 0 saturated carbocycles. The zero-order valence-corrected chi connectivity index (χ0v) is 7.25. The van der Waals surface area contributed by atoms with Crippen LogP contribution in [0.25, 0.3) is 5.65 Å². The van der Waals surface area contributed by atoms with Gasteiger partial charge in [-0.1, -0.05) is 0 Å². The molecule has 0 spiro atoms. The predicted molar refractivity (Wildman–Crippen MR) is 47.3 cm³/mol. The van der Waals surface area contributed by atoms with Gasteiger partial charge in [0, 0.05) is 24.1 Å². The Morgan fingerprint density at radius 2 is 2.36 bits per heavy atom. The summed E-state index contributed by atoms with van der Waals surface area (Å²) in [4.78, 5) is 4.17. The van der Waals surface area contributed by atoms with Crippen molar-refractivity contribution in [2.45, 2.75) is 0 Å². The zero-order valence-electron chi connectivity index (χ0n) is 5.66. The second-order valence-electron chi connectivity index (χ2n) is 2.29. The number of nitrogens with zero attached hydrogens (tertiary/aromatic N) is 2. The minimum absolute atomic E-state index is 0.732. The molecule has 2 aromatic rings. The number of halogens is 1. The molecule has 0 aliphatic rings. The van der Waals surface area contributed by atoms with Crippen molar-refractivity contribution in [1.82, 2.24) is 9.38 Å². The van der Waals surface area contributed by atoms with Crippen LogP contribution in [0.15, 0.2) is 29.1 Å². The van der Waals surface area contributed by atoms with E-state index >= 15 is 0 Å². The van der Waals surface area contributed by atoms with Crippen molar-refractivity contribution in [2.75, 3.05) is 5.73 Å². The normalized spacial score (nSPS) is 10.6. The molecule has 0 saturated heterocycles. The van der Waals surface area contributed by atoms with Crippen molar-refractivity contribution in [3.05, 3.63) is 29.1 Å². The molecular formula is C7H6BrN3. The van der Waals surface area contributed by atoms with E-state index in [2.05, 4.69) is 20.9 Å². The summed E-state index contributed by atoms with van der Waals surface area (Å²) in [5.74, 6) is 0. The van der Waals surface area contributed by atoms with Gasteiger partial charge in [-0.05, 0) is 22.0 Å². The average molecular weight is 212 g/mol. The van der Waals surface area contributed by atoms with Gasteiger partial charge in [0.1, 0.15) is 10.3 Å². The summed E-state index contributed by atoms with van der Waals surface area (Å²) in [6, 6.07) is 3.66. The lowest BCUT2D eigenvalue weighted by Crippen LogP contribution is -1.87. The number of rotatable bonds is 0. The fraction of sp³-hybridized carbons (Fsp3) is 0. The minimum Gasteiger partial charge on any atom is -0.399 e. The fourth-order valence-electron chi connectivity index (χ4n) is 0.967. The molecule has 0 radical (unpaired) electrons. The Bertz CT molecular complexity index is 393. The highest BCUT2D eigenvalue weighted by Gasteiger charge is 1.96. The van der Waals surface area contributed by atoms with Gasteiger partial charge < -0.3 is 10.1 Å². The van der Waals surface area contributed by atoms with Gasteiger partial charge in [-0.2, -0.15) is 0 Å². The summed E-state index contributed by atoms with van der Waals surface area (Å²) in [7, 11) is 0. The quantitative estimate of drug-likeness (QED) is 0.721. The van der Waals surface area contributed by atoms with Crippen LogP contribution in [0, 0.1) is 0 Å². The molecular weight excluding hydrogens is 206 g/mol. The second kappa shape index (κ2) is 2.23. The van der Waals surface area contributed by atoms with Gasteiger partial charge in [0.05, 0.1) is 0 Å². The number of nitrogen functional groups attached to an aromatic ring is 1. The maximum absolute atomic E-state index is 5.56. The molecule has 0 aromatic carbocycles. The van der Waals surface area contributed by atoms with Gasteiger partial charge in [-0.3, -0.25) is 0 Å². The Morgan fingerprint density at radius 3 is 3.18 bits per heavy atom. The van der Waals surface area contributed by atoms with Crippen LogP contribution < -0.4 is 5.73 Å². The van der Waals surface area contributed by atoms with Crippen molar-refractivity contribution >= 4 is 27.3 Å². The molecule has 0 amide bonds. The van der Waals surface area contributed by atoms with Crippen molar-refractivity contribution in [1.29, 1.82) is 0 Å². The molecule has 11 heavy (non-hydrogen) atoms. The predicted octanol–water partition coefficient (Wildman–Crippen LogP) is 1.68. The number of nitrogens with two attached hydrogens (primary N) is 1. The molecule has 2 heterocycles. The third-order valence-electron chi connectivity index (χ3n) is 1.45. The van der Waals surface area contributed by atoms with Crippen molar-refractivity contribution in [2.24, 2.45) is 0 Å². The van der Waals surface area contributed by atoms with Crippen LogP contribution in [-0.2, 0) is 0 Å². The number of aromatic nitrogens is 2. The Morgan fingerprint density at radius 1 is 1.55 bits per heavy atom. The zero-order chi connectivity index (χ0) is 7.84. The van der Waals surface area contributed by atoms with Gasteiger partial charge in [0.25, 0.3) is 0 Å². The van der Waals surface area contributed by atoms with Crippen molar-refractivity contribution in [3.8, 4) is 0 Å². The van der Waals surface area contributed by atoms with E-state index in [1.807, 2.05) is 28.9 Å². The third kappa shape index (κ3) is 1.09. The first-order chi connectivity index (χ1) is 5.25. The summed E-state index contributed by atoms with van der Waals surface area (Å²) in [6.45, 7) is 0. The monoisotopic (exact) mass is 211 g/mol. The highest BCUT2D eigenvalue weighted by molar-refractivity contribution is 9.10. The molecule has 4 heteroatoms. The third-order valence-corrected chi connectivity index (χ3v) is 1.84. The molecule has 0 aliphatic heterocycles. The van der Waals surface area contributed by atoms with Crippen LogP contribution in [0.2, 0.25) is 0 Å². The van der Waals surface area contributed by atoms with E-state index < -0.39 is 0 Å². The second-order valence-corrected chi connectivity index (χ2v) is 3.10. The standard InChI is InChI=1S/C7H6BrN3/c8-6-4-11-2-1-5(9)3-7(11)10-6/h1-4H,9H2. The highest BCUT2D eigenvalue weighted by atomic mass is 79.9. The topological polar surface area (TPSA) is 43.3 Å². The van der Waals surface area contributed by atoms with Crippen LogP contribution >= 0.6 is 15.9 Å². The Hall–Kier alpha value is -1.03. The van der Waals surface area contributed by atoms with Crippen LogP contribution in [0.4, 0.5) is 5.69 Å². The first kappa shape index (κ1) is 6.67. The minimum atomic E-state index is 0.732. The number of pyridine rings is 1. The number of hydrogen-bond donors (Lipinski definition) is 1. The van der Waals surface area contributed by atoms with E-state index in [9.17, 15) is 0 Å². The summed E-state index contributed by atoms with van der Waals surface area (Å²) >= 11 is 3.28. The largest absolute Gasteiger partial charge is 0.399 e. The summed E-state index contributed by atoms with van der Waals surface area (Å²) in [5.41, 5.74) is 7.15. The molecule has 0 bridgehead atoms. The molecule has 2 N–H and O–H groups in total. The van der Waals surface area contributed by atoms with Gasteiger partial charge >= 0.3 is 0 Å². The molecule has 0 aliphatic carbocycles. The molecule has 0 fully saturated rings. The van der Waals surface area contributed by atoms with E-state index in [1.54, 1.807) is 0 Å². The van der Waals surface area contributed by atoms with Gasteiger partial charge in [0.15, 0.2) is 0 Å². The Labute approximate surface area is 72.0 Å². The summed E-state index contributed by atoms with van der Waals surface area (Å²) < 4.78 is 2.73. The van der Waals surface area contributed by atoms with Crippen LogP contribution in [-0.4, -0.2) is 9.38 Å². The Kier molecular flexibility index (Phi) is 1.35. The molecule has 0 atom stereocenters. The smallest absolute Gasteiger partial charge is 0.140 e. The van der Waals surface area contributed by atoms with Gasteiger partial charge in [0.2, 0.25) is 0 Å². The first-order valence-electron chi connectivity index (χ1n) is 3.15. The van der Waals surface area contributed by atoms with Crippen molar-refractivity contribution < 1.29 is 0 Å². The molecule has 0 unspecified atom stereocenters. The summed E-state index contributed by atoms with van der Waals surface area (Å²) in [6.07, 6.45) is 3.76. The van der Waals surface area contributed by atoms with E-state index in [-0.39, 0.29) is 0 Å². The average Bonchev–Trinajstić information content (AvgIpc) is 2.27. The molecule has 3 nitrogen and oxygen atoms in total. The Balaban J connectivity index is 2.82. The SMILES string of the molecule is Nc1ccn2cc(Br)nc2c1. The first-order valence-corrected chi connectivity index (χ1v) is 3.95. The van der Waals surface area contributed by atoms with E-state index in [4.69, 9.17) is 5.73 Å². The lowest BCUT2D eigenvalue weighted by molar-refractivity contribution is 1.19. The molecule has 56 valence electrons. The maximum Gasteiger partial charge on any atom is 0.140 e. The molecule has 2 aromatic heterocycles. The van der Waals surface area contributed by atoms with E-state index in [0.29, 0.717) is 0 Å². The van der Waals surface area contributed by atoms with Crippen LogP contribution in [0.1, 0.15) is 0 Å². The number of anilines is 1. The van der Waals surface area contributed by atoms with E-state index in [1.165, 1.54) is 0 Å². The van der Waals surface area contributed by atoms with Gasteiger partial charge in [-0.25, -0.2) is 4.98 Å². The fourth-order valence-corrected chi connectivity index (χ4v) is 1.37. The maximum atomic E-state index is 5.56. The highest BCUT2D eigenvalue weighted by Crippen LogP contribution is 2.12. The lowest BCUT2D eigenvalue weighted by atomic mass is 10.4. The number of imidazole rings is 1.